The summed E-state index contributed by atoms with van der Waals surface area (Å²) < 4.78 is 52.9. The van der Waals surface area contributed by atoms with Crippen molar-refractivity contribution in [2.45, 2.75) is 19.3 Å². The summed E-state index contributed by atoms with van der Waals surface area (Å²) in [7, 11) is 3.21. The van der Waals surface area contributed by atoms with Crippen LogP contribution >= 0.6 is 0 Å². The quantitative estimate of drug-likeness (QED) is 0.782. The Hall–Kier alpha value is -2.45. The van der Waals surface area contributed by atoms with Crippen LogP contribution in [0.5, 0.6) is 17.2 Å². The summed E-state index contributed by atoms with van der Waals surface area (Å²) in [5.41, 5.74) is 2.68. The molecule has 0 radical (unpaired) electrons. The standard InChI is InChI=1S/C21H25F3N2O3/c1-14-12-17(27-2)19(18(13-14)28-3)20(26-10-8-25-9-11-26)15-4-6-16(7-5-15)29-21(22,23)24/h4-7,12-13,20,25H,8-11H2,1-3H3/t20-/m1/s1. The van der Waals surface area contributed by atoms with Crippen LogP contribution in [0.4, 0.5) is 13.2 Å². The van der Waals surface area contributed by atoms with E-state index in [9.17, 15) is 13.2 Å². The van der Waals surface area contributed by atoms with Gasteiger partial charge in [0.25, 0.3) is 0 Å². The first-order valence-electron chi connectivity index (χ1n) is 9.35. The van der Waals surface area contributed by atoms with E-state index in [1.165, 1.54) is 12.1 Å². The summed E-state index contributed by atoms with van der Waals surface area (Å²) in [4.78, 5) is 2.27. The molecule has 1 heterocycles. The van der Waals surface area contributed by atoms with E-state index in [1.54, 1.807) is 26.4 Å². The third kappa shape index (κ3) is 5.13. The number of aryl methyl sites for hydroxylation is 1. The molecule has 0 amide bonds. The molecule has 0 bridgehead atoms. The number of nitrogens with one attached hydrogen (secondary N) is 1. The molecule has 0 aliphatic carbocycles. The van der Waals surface area contributed by atoms with Gasteiger partial charge in [-0.1, -0.05) is 12.1 Å². The van der Waals surface area contributed by atoms with Gasteiger partial charge < -0.3 is 19.5 Å². The van der Waals surface area contributed by atoms with E-state index in [2.05, 4.69) is 15.0 Å². The smallest absolute Gasteiger partial charge is 0.496 e. The van der Waals surface area contributed by atoms with Crippen LogP contribution in [-0.2, 0) is 0 Å². The maximum Gasteiger partial charge on any atom is 0.573 e. The van der Waals surface area contributed by atoms with Crippen molar-refractivity contribution in [3.8, 4) is 17.2 Å². The zero-order valence-corrected chi connectivity index (χ0v) is 16.7. The highest BCUT2D eigenvalue weighted by atomic mass is 19.4. The van der Waals surface area contributed by atoms with Gasteiger partial charge in [-0.15, -0.1) is 13.2 Å². The molecule has 3 rings (SSSR count). The lowest BCUT2D eigenvalue weighted by Crippen LogP contribution is -2.45. The summed E-state index contributed by atoms with van der Waals surface area (Å²) in [5.74, 6) is 1.12. The number of hydrogen-bond acceptors (Lipinski definition) is 5. The Morgan fingerprint density at radius 1 is 0.966 bits per heavy atom. The fraction of sp³-hybridized carbons (Fsp3) is 0.429. The van der Waals surface area contributed by atoms with Crippen LogP contribution in [0.1, 0.15) is 22.7 Å². The molecular weight excluding hydrogens is 385 g/mol. The summed E-state index contributed by atoms with van der Waals surface area (Å²) in [5, 5.41) is 3.32. The Morgan fingerprint density at radius 3 is 2.00 bits per heavy atom. The van der Waals surface area contributed by atoms with Crippen molar-refractivity contribution >= 4 is 0 Å². The second kappa shape index (κ2) is 8.92. The van der Waals surface area contributed by atoms with Crippen molar-refractivity contribution in [2.24, 2.45) is 0 Å². The topological polar surface area (TPSA) is 43.0 Å². The maximum absolute atomic E-state index is 12.5. The van der Waals surface area contributed by atoms with Crippen molar-refractivity contribution in [1.29, 1.82) is 0 Å². The molecule has 1 aliphatic rings. The molecule has 0 spiro atoms. The van der Waals surface area contributed by atoms with Crippen LogP contribution in [0.15, 0.2) is 36.4 Å². The Bertz CT molecular complexity index is 794. The number of piperazine rings is 1. The molecule has 1 saturated heterocycles. The molecule has 8 heteroatoms. The van der Waals surface area contributed by atoms with Gasteiger partial charge in [0.15, 0.2) is 0 Å². The molecule has 1 N–H and O–H groups in total. The molecule has 1 aliphatic heterocycles. The average molecular weight is 410 g/mol. The largest absolute Gasteiger partial charge is 0.573 e. The molecule has 2 aromatic rings. The van der Waals surface area contributed by atoms with Crippen LogP contribution in [-0.4, -0.2) is 51.7 Å². The first-order valence-corrected chi connectivity index (χ1v) is 9.35. The first-order chi connectivity index (χ1) is 13.8. The summed E-state index contributed by atoms with van der Waals surface area (Å²) in [6.07, 6.45) is -4.72. The van der Waals surface area contributed by atoms with E-state index in [0.29, 0.717) is 11.5 Å². The maximum atomic E-state index is 12.5. The van der Waals surface area contributed by atoms with Crippen molar-refractivity contribution in [1.82, 2.24) is 10.2 Å². The number of rotatable bonds is 6. The number of benzene rings is 2. The highest BCUT2D eigenvalue weighted by Gasteiger charge is 2.32. The van der Waals surface area contributed by atoms with Crippen molar-refractivity contribution < 1.29 is 27.4 Å². The Labute approximate surface area is 168 Å². The molecular formula is C21H25F3N2O3. The third-order valence-corrected chi connectivity index (χ3v) is 4.91. The van der Waals surface area contributed by atoms with Crippen molar-refractivity contribution in [3.05, 3.63) is 53.1 Å². The summed E-state index contributed by atoms with van der Waals surface area (Å²) in [6, 6.07) is 9.64. The number of ether oxygens (including phenoxy) is 3. The predicted octanol–water partition coefficient (Wildman–Crippen LogP) is 3.91. The van der Waals surface area contributed by atoms with Crippen molar-refractivity contribution in [3.63, 3.8) is 0 Å². The molecule has 0 aromatic heterocycles. The highest BCUT2D eigenvalue weighted by Crippen LogP contribution is 2.42. The molecule has 5 nitrogen and oxygen atoms in total. The van der Waals surface area contributed by atoms with Gasteiger partial charge in [0.1, 0.15) is 17.2 Å². The zero-order valence-electron chi connectivity index (χ0n) is 16.7. The third-order valence-electron chi connectivity index (χ3n) is 4.91. The van der Waals surface area contributed by atoms with E-state index >= 15 is 0 Å². The van der Waals surface area contributed by atoms with E-state index in [4.69, 9.17) is 9.47 Å². The Balaban J connectivity index is 2.07. The number of methoxy groups -OCH3 is 2. The molecule has 29 heavy (non-hydrogen) atoms. The summed E-state index contributed by atoms with van der Waals surface area (Å²) in [6.45, 7) is 5.17. The lowest BCUT2D eigenvalue weighted by atomic mass is 9.93. The van der Waals surface area contributed by atoms with Gasteiger partial charge in [-0.2, -0.15) is 0 Å². The van der Waals surface area contributed by atoms with Gasteiger partial charge in [-0.25, -0.2) is 0 Å². The minimum atomic E-state index is -4.72. The van der Waals surface area contributed by atoms with Crippen LogP contribution in [0.3, 0.4) is 0 Å². The van der Waals surface area contributed by atoms with Gasteiger partial charge in [0, 0.05) is 26.2 Å². The van der Waals surface area contributed by atoms with Crippen LogP contribution in [0, 0.1) is 6.92 Å². The number of nitrogens with zero attached hydrogens (tertiary/aromatic N) is 1. The Kier molecular flexibility index (Phi) is 6.54. The zero-order chi connectivity index (χ0) is 21.0. The fourth-order valence-corrected chi connectivity index (χ4v) is 3.69. The molecule has 2 aromatic carbocycles. The van der Waals surface area contributed by atoms with Gasteiger partial charge in [0.05, 0.1) is 25.8 Å². The molecule has 158 valence electrons. The van der Waals surface area contributed by atoms with E-state index in [-0.39, 0.29) is 11.8 Å². The second-order valence-corrected chi connectivity index (χ2v) is 6.89. The lowest BCUT2D eigenvalue weighted by molar-refractivity contribution is -0.274. The molecule has 1 fully saturated rings. The fourth-order valence-electron chi connectivity index (χ4n) is 3.69. The van der Waals surface area contributed by atoms with Crippen LogP contribution < -0.4 is 19.5 Å². The number of alkyl halides is 3. The normalized spacial score (nSPS) is 16.3. The molecule has 0 unspecified atom stereocenters. The predicted molar refractivity (Wildman–Crippen MR) is 104 cm³/mol. The van der Waals surface area contributed by atoms with Crippen molar-refractivity contribution in [2.75, 3.05) is 40.4 Å². The average Bonchev–Trinajstić information content (AvgIpc) is 2.69. The van der Waals surface area contributed by atoms with Gasteiger partial charge in [-0.3, -0.25) is 4.90 Å². The van der Waals surface area contributed by atoms with E-state index in [0.717, 1.165) is 42.9 Å². The molecule has 0 saturated carbocycles. The number of halogens is 3. The monoisotopic (exact) mass is 410 g/mol. The Morgan fingerprint density at radius 2 is 1.52 bits per heavy atom. The van der Waals surface area contributed by atoms with E-state index in [1.807, 2.05) is 19.1 Å². The SMILES string of the molecule is COc1cc(C)cc(OC)c1[C@@H](c1ccc(OC(F)(F)F)cc1)N1CCNCC1. The van der Waals surface area contributed by atoms with Crippen LogP contribution in [0.2, 0.25) is 0 Å². The first kappa shape index (κ1) is 21.3. The molecule has 1 atom stereocenters. The van der Waals surface area contributed by atoms with Gasteiger partial charge in [-0.05, 0) is 42.3 Å². The minimum absolute atomic E-state index is 0.234. The van der Waals surface area contributed by atoms with E-state index < -0.39 is 6.36 Å². The minimum Gasteiger partial charge on any atom is -0.496 e. The second-order valence-electron chi connectivity index (χ2n) is 6.89. The van der Waals surface area contributed by atoms with Gasteiger partial charge >= 0.3 is 6.36 Å². The highest BCUT2D eigenvalue weighted by molar-refractivity contribution is 5.53. The summed E-state index contributed by atoms with van der Waals surface area (Å²) >= 11 is 0. The van der Waals surface area contributed by atoms with Gasteiger partial charge in [0.2, 0.25) is 0 Å². The number of hydrogen-bond donors (Lipinski definition) is 1. The van der Waals surface area contributed by atoms with Crippen LogP contribution in [0.25, 0.3) is 0 Å². The lowest BCUT2D eigenvalue weighted by Gasteiger charge is -2.36.